The number of nitrogens with zero attached hydrogens (tertiary/aromatic N) is 1. The fourth-order valence-corrected chi connectivity index (χ4v) is 5.09. The molecule has 3 N–H and O–H groups in total. The first-order valence-electron chi connectivity index (χ1n) is 8.86. The normalized spacial score (nSPS) is 16.8. The quantitative estimate of drug-likeness (QED) is 0.587. The van der Waals surface area contributed by atoms with Crippen LogP contribution in [-0.2, 0) is 0 Å². The second-order valence-electron chi connectivity index (χ2n) is 6.90. The maximum Gasteiger partial charge on any atom is 0.104 e. The molecule has 0 aliphatic carbocycles. The summed E-state index contributed by atoms with van der Waals surface area (Å²) in [6.07, 6.45) is 2.62. The van der Waals surface area contributed by atoms with Crippen LogP contribution < -0.4 is 11.1 Å². The van der Waals surface area contributed by atoms with Gasteiger partial charge in [0.25, 0.3) is 0 Å². The highest BCUT2D eigenvalue weighted by Crippen LogP contribution is 2.47. The summed E-state index contributed by atoms with van der Waals surface area (Å²) >= 11 is 7.18. The molecule has 0 aromatic heterocycles. The van der Waals surface area contributed by atoms with Gasteiger partial charge < -0.3 is 16.0 Å². The molecular weight excluding hydrogens is 382 g/mol. The number of nitrogens with one attached hydrogen (secondary N) is 1. The van der Waals surface area contributed by atoms with E-state index < -0.39 is 0 Å². The van der Waals surface area contributed by atoms with E-state index >= 15 is 0 Å². The van der Waals surface area contributed by atoms with E-state index in [1.54, 1.807) is 0 Å². The lowest BCUT2D eigenvalue weighted by Gasteiger charge is -2.29. The predicted molar refractivity (Wildman–Crippen MR) is 118 cm³/mol. The highest BCUT2D eigenvalue weighted by Gasteiger charge is 2.26. The molecule has 2 aliphatic heterocycles. The monoisotopic (exact) mass is 405 g/mol. The summed E-state index contributed by atoms with van der Waals surface area (Å²) in [7, 11) is 0. The lowest BCUT2D eigenvalue weighted by molar-refractivity contribution is 0.321. The average Bonchev–Trinajstić information content (AvgIpc) is 3.11. The van der Waals surface area contributed by atoms with Gasteiger partial charge in [-0.15, -0.1) is 12.4 Å². The second-order valence-corrected chi connectivity index (χ2v) is 8.42. The van der Waals surface area contributed by atoms with Crippen LogP contribution in [-0.4, -0.2) is 29.5 Å². The smallest absolute Gasteiger partial charge is 0.104 e. The number of para-hydroxylation sites is 1. The molecule has 4 rings (SSSR count). The van der Waals surface area contributed by atoms with Crippen molar-refractivity contribution < 1.29 is 0 Å². The van der Waals surface area contributed by atoms with Crippen molar-refractivity contribution in [3.05, 3.63) is 47.5 Å². The van der Waals surface area contributed by atoms with Gasteiger partial charge in [-0.3, -0.25) is 0 Å². The van der Waals surface area contributed by atoms with Gasteiger partial charge in [-0.25, -0.2) is 0 Å². The first-order chi connectivity index (χ1) is 12.1. The van der Waals surface area contributed by atoms with E-state index in [4.69, 9.17) is 18.0 Å². The number of hydrogen-bond donors (Lipinski definition) is 2. The zero-order valence-corrected chi connectivity index (χ0v) is 17.3. The van der Waals surface area contributed by atoms with Crippen LogP contribution in [0, 0.1) is 0 Å². The van der Waals surface area contributed by atoms with Gasteiger partial charge in [-0.1, -0.05) is 49.1 Å². The lowest BCUT2D eigenvalue weighted by Crippen LogP contribution is -2.26. The van der Waals surface area contributed by atoms with Crippen molar-refractivity contribution >= 4 is 52.8 Å². The summed E-state index contributed by atoms with van der Waals surface area (Å²) in [6.45, 7) is 5.75. The Morgan fingerprint density at radius 1 is 1.19 bits per heavy atom. The number of thiocarbonyl (C=S) groups is 1. The number of anilines is 2. The topological polar surface area (TPSA) is 41.3 Å². The molecule has 0 radical (unpaired) electrons. The lowest BCUT2D eigenvalue weighted by atomic mass is 9.92. The minimum absolute atomic E-state index is 0. The van der Waals surface area contributed by atoms with E-state index in [0.717, 1.165) is 17.8 Å². The molecule has 0 spiro atoms. The van der Waals surface area contributed by atoms with Gasteiger partial charge in [0.15, 0.2) is 0 Å². The molecule has 2 aromatic rings. The SMILES string of the molecule is CC(CN1CCCC1)c1c(C(N)=S)ccc2c1Nc1ccccc1S2.Cl. The van der Waals surface area contributed by atoms with Crippen LogP contribution in [0.3, 0.4) is 0 Å². The van der Waals surface area contributed by atoms with Crippen molar-refractivity contribution in [2.24, 2.45) is 5.73 Å². The Balaban J connectivity index is 0.00000196. The molecule has 2 aromatic carbocycles. The van der Waals surface area contributed by atoms with Crippen LogP contribution in [0.25, 0.3) is 0 Å². The Labute approximate surface area is 171 Å². The summed E-state index contributed by atoms with van der Waals surface area (Å²) in [5.74, 6) is 0.378. The number of fused-ring (bicyclic) bond motifs is 2. The van der Waals surface area contributed by atoms with Crippen molar-refractivity contribution in [2.75, 3.05) is 25.0 Å². The van der Waals surface area contributed by atoms with Crippen molar-refractivity contribution in [1.29, 1.82) is 0 Å². The summed E-state index contributed by atoms with van der Waals surface area (Å²) < 4.78 is 0. The first kappa shape index (κ1) is 19.5. The average molecular weight is 406 g/mol. The zero-order valence-electron chi connectivity index (χ0n) is 14.8. The van der Waals surface area contributed by atoms with E-state index in [1.165, 1.54) is 47.0 Å². The summed E-state index contributed by atoms with van der Waals surface area (Å²) in [5, 5.41) is 3.66. The Bertz CT molecular complexity index is 819. The van der Waals surface area contributed by atoms with Crippen molar-refractivity contribution in [3.8, 4) is 0 Å². The molecule has 1 unspecified atom stereocenters. The Kier molecular flexibility index (Phi) is 6.13. The Morgan fingerprint density at radius 3 is 2.65 bits per heavy atom. The highest BCUT2D eigenvalue weighted by atomic mass is 35.5. The van der Waals surface area contributed by atoms with Crippen molar-refractivity contribution in [1.82, 2.24) is 4.90 Å². The third-order valence-corrected chi connectivity index (χ3v) is 6.42. The minimum Gasteiger partial charge on any atom is -0.389 e. The molecule has 3 nitrogen and oxygen atoms in total. The number of hydrogen-bond acceptors (Lipinski definition) is 4. The number of likely N-dealkylation sites (tertiary alicyclic amines) is 1. The molecule has 2 heterocycles. The van der Waals surface area contributed by atoms with Gasteiger partial charge in [-0.2, -0.15) is 0 Å². The summed E-state index contributed by atoms with van der Waals surface area (Å²) in [5.41, 5.74) is 10.7. The molecule has 1 saturated heterocycles. The summed E-state index contributed by atoms with van der Waals surface area (Å²) in [6, 6.07) is 12.7. The maximum absolute atomic E-state index is 6.07. The molecule has 2 aliphatic rings. The predicted octanol–water partition coefficient (Wildman–Crippen LogP) is 5.15. The van der Waals surface area contributed by atoms with E-state index in [2.05, 4.69) is 53.5 Å². The third-order valence-electron chi connectivity index (χ3n) is 5.06. The van der Waals surface area contributed by atoms with Crippen LogP contribution >= 0.6 is 36.4 Å². The minimum atomic E-state index is 0. The fourth-order valence-electron chi connectivity index (χ4n) is 3.90. The molecular formula is C20H24ClN3S2. The van der Waals surface area contributed by atoms with Gasteiger partial charge >= 0.3 is 0 Å². The van der Waals surface area contributed by atoms with Crippen LogP contribution in [0.2, 0.25) is 0 Å². The zero-order chi connectivity index (χ0) is 17.4. The Hall–Kier alpha value is -1.27. The van der Waals surface area contributed by atoms with Crippen LogP contribution in [0.15, 0.2) is 46.2 Å². The number of rotatable bonds is 4. The highest BCUT2D eigenvalue weighted by molar-refractivity contribution is 7.99. The van der Waals surface area contributed by atoms with Gasteiger partial charge in [0.1, 0.15) is 4.99 Å². The van der Waals surface area contributed by atoms with Gasteiger partial charge in [0.05, 0.1) is 11.4 Å². The third kappa shape index (κ3) is 3.72. The molecule has 1 atom stereocenters. The van der Waals surface area contributed by atoms with E-state index in [9.17, 15) is 0 Å². The van der Waals surface area contributed by atoms with Gasteiger partial charge in [0, 0.05) is 21.9 Å². The molecule has 6 heteroatoms. The number of nitrogens with two attached hydrogens (primary N) is 1. The summed E-state index contributed by atoms with van der Waals surface area (Å²) in [4.78, 5) is 5.55. The van der Waals surface area contributed by atoms with Crippen LogP contribution in [0.4, 0.5) is 11.4 Å². The van der Waals surface area contributed by atoms with Gasteiger partial charge in [-0.05, 0) is 55.6 Å². The molecule has 0 amide bonds. The molecule has 1 fully saturated rings. The van der Waals surface area contributed by atoms with E-state index in [-0.39, 0.29) is 12.4 Å². The first-order valence-corrected chi connectivity index (χ1v) is 10.1. The van der Waals surface area contributed by atoms with Crippen LogP contribution in [0.1, 0.15) is 36.8 Å². The van der Waals surface area contributed by atoms with Gasteiger partial charge in [0.2, 0.25) is 0 Å². The second kappa shape index (κ2) is 8.17. The van der Waals surface area contributed by atoms with E-state index in [0.29, 0.717) is 10.9 Å². The number of halogens is 1. The molecule has 0 saturated carbocycles. The van der Waals surface area contributed by atoms with Crippen LogP contribution in [0.5, 0.6) is 0 Å². The van der Waals surface area contributed by atoms with E-state index in [1.807, 2.05) is 11.8 Å². The molecule has 0 bridgehead atoms. The van der Waals surface area contributed by atoms with Crippen molar-refractivity contribution in [2.45, 2.75) is 35.5 Å². The molecule has 26 heavy (non-hydrogen) atoms. The maximum atomic E-state index is 6.07. The fraction of sp³-hybridized carbons (Fsp3) is 0.350. The number of benzene rings is 2. The largest absolute Gasteiger partial charge is 0.389 e. The molecule has 138 valence electrons. The van der Waals surface area contributed by atoms with Crippen molar-refractivity contribution in [3.63, 3.8) is 0 Å². The standard InChI is InChI=1S/C20H23N3S2.ClH/c1-13(12-23-10-4-5-11-23)18-14(20(21)24)8-9-17-19(18)22-15-6-2-3-7-16(15)25-17;/h2-3,6-9,13,22H,4-5,10-12H2,1H3,(H2,21,24);1H. The Morgan fingerprint density at radius 2 is 1.92 bits per heavy atom.